The lowest BCUT2D eigenvalue weighted by atomic mass is 10.2. The molecule has 1 fully saturated rings. The van der Waals surface area contributed by atoms with E-state index in [2.05, 4.69) is 5.32 Å². The average Bonchev–Trinajstić information content (AvgIpc) is 2.98. The Morgan fingerprint density at radius 1 is 1.29 bits per heavy atom. The zero-order valence-corrected chi connectivity index (χ0v) is 17.4. The van der Waals surface area contributed by atoms with Crippen molar-refractivity contribution in [1.29, 1.82) is 0 Å². The summed E-state index contributed by atoms with van der Waals surface area (Å²) in [5.74, 6) is -1.34. The number of carbonyl (C=O) groups is 2. The topological polar surface area (TPSA) is 127 Å². The van der Waals surface area contributed by atoms with Crippen molar-refractivity contribution in [3.05, 3.63) is 29.8 Å². The summed E-state index contributed by atoms with van der Waals surface area (Å²) in [6.07, 6.45) is 0.314. The highest BCUT2D eigenvalue weighted by Crippen LogP contribution is 2.18. The van der Waals surface area contributed by atoms with E-state index in [1.54, 1.807) is 13.8 Å². The summed E-state index contributed by atoms with van der Waals surface area (Å²) < 4.78 is 54.6. The Hall–Kier alpha value is -1.98. The first kappa shape index (κ1) is 22.3. The number of likely N-dealkylation sites (N-methyl/N-ethyl adjacent to an activating group) is 1. The molecule has 0 aliphatic carbocycles. The number of benzene rings is 1. The highest BCUT2D eigenvalue weighted by Gasteiger charge is 2.31. The molecule has 0 aromatic heterocycles. The van der Waals surface area contributed by atoms with Gasteiger partial charge in [-0.15, -0.1) is 0 Å². The fraction of sp³-hybridized carbons (Fsp3) is 0.529. The second kappa shape index (κ2) is 9.01. The van der Waals surface area contributed by atoms with Gasteiger partial charge in [-0.3, -0.25) is 4.79 Å². The summed E-state index contributed by atoms with van der Waals surface area (Å²) in [4.78, 5) is 23.9. The minimum atomic E-state index is -4.03. The van der Waals surface area contributed by atoms with Gasteiger partial charge >= 0.3 is 5.97 Å². The van der Waals surface area contributed by atoms with Gasteiger partial charge in [0, 0.05) is 12.6 Å². The molecule has 28 heavy (non-hydrogen) atoms. The first-order valence-corrected chi connectivity index (χ1v) is 12.1. The standard InChI is InChI=1S/C17H24N2O7S2/c1-3-19(11-16(20)18-14-8-9-27(22,23)12-14)28(24,25)15-7-5-6-13(10-15)17(21)26-4-2/h5-7,10,14H,3-4,8-9,11-12H2,1-2H3,(H,18,20). The van der Waals surface area contributed by atoms with E-state index in [9.17, 15) is 26.4 Å². The summed E-state index contributed by atoms with van der Waals surface area (Å²) in [5, 5.41) is 2.57. The molecule has 9 nitrogen and oxygen atoms in total. The van der Waals surface area contributed by atoms with E-state index in [-0.39, 0.29) is 35.1 Å². The molecule has 1 atom stereocenters. The van der Waals surface area contributed by atoms with Crippen molar-refractivity contribution in [3.8, 4) is 0 Å². The molecule has 1 aromatic rings. The van der Waals surface area contributed by atoms with Crippen LogP contribution in [-0.4, -0.2) is 70.3 Å². The highest BCUT2D eigenvalue weighted by atomic mass is 32.2. The van der Waals surface area contributed by atoms with Crippen LogP contribution in [0.3, 0.4) is 0 Å². The van der Waals surface area contributed by atoms with Crippen molar-refractivity contribution in [2.24, 2.45) is 0 Å². The lowest BCUT2D eigenvalue weighted by Gasteiger charge is -2.21. The van der Waals surface area contributed by atoms with Gasteiger partial charge in [-0.05, 0) is 31.5 Å². The van der Waals surface area contributed by atoms with Gasteiger partial charge in [0.2, 0.25) is 15.9 Å². The molecule has 1 aliphatic heterocycles. The summed E-state index contributed by atoms with van der Waals surface area (Å²) >= 11 is 0. The number of amides is 1. The van der Waals surface area contributed by atoms with Gasteiger partial charge in [-0.2, -0.15) is 4.31 Å². The van der Waals surface area contributed by atoms with Crippen LogP contribution in [0.25, 0.3) is 0 Å². The molecule has 0 spiro atoms. The average molecular weight is 433 g/mol. The second-order valence-corrected chi connectivity index (χ2v) is 10.5. The Morgan fingerprint density at radius 3 is 2.57 bits per heavy atom. The Labute approximate surface area is 165 Å². The minimum Gasteiger partial charge on any atom is -0.462 e. The first-order valence-electron chi connectivity index (χ1n) is 8.86. The van der Waals surface area contributed by atoms with Gasteiger partial charge in [0.15, 0.2) is 9.84 Å². The lowest BCUT2D eigenvalue weighted by Crippen LogP contribution is -2.44. The molecule has 1 saturated heterocycles. The molecule has 1 aromatic carbocycles. The van der Waals surface area contributed by atoms with Crippen molar-refractivity contribution in [1.82, 2.24) is 9.62 Å². The fourth-order valence-electron chi connectivity index (χ4n) is 2.86. The number of sulfone groups is 1. The van der Waals surface area contributed by atoms with E-state index in [4.69, 9.17) is 4.74 Å². The van der Waals surface area contributed by atoms with E-state index < -0.39 is 44.3 Å². The number of sulfonamides is 1. The van der Waals surface area contributed by atoms with Crippen molar-refractivity contribution in [2.45, 2.75) is 31.2 Å². The third-order valence-electron chi connectivity index (χ3n) is 4.25. The lowest BCUT2D eigenvalue weighted by molar-refractivity contribution is -0.121. The highest BCUT2D eigenvalue weighted by molar-refractivity contribution is 7.91. The van der Waals surface area contributed by atoms with E-state index in [1.165, 1.54) is 24.3 Å². The minimum absolute atomic E-state index is 0.00832. The summed E-state index contributed by atoms with van der Waals surface area (Å²) in [6, 6.07) is 4.90. The monoisotopic (exact) mass is 432 g/mol. The summed E-state index contributed by atoms with van der Waals surface area (Å²) in [6.45, 7) is 2.97. The summed E-state index contributed by atoms with van der Waals surface area (Å²) in [5.41, 5.74) is 0.0968. The smallest absolute Gasteiger partial charge is 0.338 e. The van der Waals surface area contributed by atoms with E-state index >= 15 is 0 Å². The molecule has 1 amide bonds. The largest absolute Gasteiger partial charge is 0.462 e. The van der Waals surface area contributed by atoms with Crippen molar-refractivity contribution >= 4 is 31.7 Å². The van der Waals surface area contributed by atoms with E-state index in [0.29, 0.717) is 6.42 Å². The number of nitrogens with one attached hydrogen (secondary N) is 1. The molecule has 156 valence electrons. The van der Waals surface area contributed by atoms with Gasteiger partial charge in [0.25, 0.3) is 0 Å². The maximum absolute atomic E-state index is 12.9. The van der Waals surface area contributed by atoms with Gasteiger partial charge in [0.05, 0.1) is 35.1 Å². The van der Waals surface area contributed by atoms with Crippen molar-refractivity contribution in [2.75, 3.05) is 31.2 Å². The van der Waals surface area contributed by atoms with Crippen molar-refractivity contribution in [3.63, 3.8) is 0 Å². The molecular weight excluding hydrogens is 408 g/mol. The number of ether oxygens (including phenoxy) is 1. The van der Waals surface area contributed by atoms with Gasteiger partial charge in [-0.1, -0.05) is 13.0 Å². The molecule has 0 saturated carbocycles. The third-order valence-corrected chi connectivity index (χ3v) is 7.94. The Morgan fingerprint density at radius 2 is 2.00 bits per heavy atom. The number of hydrogen-bond donors (Lipinski definition) is 1. The zero-order valence-electron chi connectivity index (χ0n) is 15.8. The Balaban J connectivity index is 2.13. The van der Waals surface area contributed by atoms with E-state index in [0.717, 1.165) is 4.31 Å². The molecule has 11 heteroatoms. The van der Waals surface area contributed by atoms with Crippen LogP contribution >= 0.6 is 0 Å². The van der Waals surface area contributed by atoms with Crippen LogP contribution < -0.4 is 5.32 Å². The Kier molecular flexibility index (Phi) is 7.18. The number of esters is 1. The quantitative estimate of drug-likeness (QED) is 0.581. The van der Waals surface area contributed by atoms with Crippen LogP contribution in [0, 0.1) is 0 Å². The van der Waals surface area contributed by atoms with Crippen molar-refractivity contribution < 1.29 is 31.2 Å². The van der Waals surface area contributed by atoms with Gasteiger partial charge in [-0.25, -0.2) is 21.6 Å². The molecule has 0 bridgehead atoms. The first-order chi connectivity index (χ1) is 13.1. The predicted molar refractivity (Wildman–Crippen MR) is 102 cm³/mol. The molecule has 1 heterocycles. The predicted octanol–water partition coefficient (Wildman–Crippen LogP) is 0.177. The molecular formula is C17H24N2O7S2. The number of rotatable bonds is 8. The molecule has 2 rings (SSSR count). The zero-order chi connectivity index (χ0) is 20.9. The van der Waals surface area contributed by atoms with Gasteiger partial charge < -0.3 is 10.1 Å². The SMILES string of the molecule is CCOC(=O)c1cccc(S(=O)(=O)N(CC)CC(=O)NC2CCS(=O)(=O)C2)c1. The van der Waals surface area contributed by atoms with Gasteiger partial charge in [0.1, 0.15) is 0 Å². The second-order valence-electron chi connectivity index (χ2n) is 6.35. The molecule has 1 unspecified atom stereocenters. The van der Waals surface area contributed by atoms with Crippen LogP contribution in [0.1, 0.15) is 30.6 Å². The van der Waals surface area contributed by atoms with Crippen LogP contribution in [0.15, 0.2) is 29.2 Å². The number of nitrogens with zero attached hydrogens (tertiary/aromatic N) is 1. The molecule has 0 radical (unpaired) electrons. The summed E-state index contributed by atoms with van der Waals surface area (Å²) in [7, 11) is -7.18. The van der Waals surface area contributed by atoms with E-state index in [1.807, 2.05) is 0 Å². The van der Waals surface area contributed by atoms with Crippen LogP contribution in [-0.2, 0) is 29.4 Å². The van der Waals surface area contributed by atoms with Crippen LogP contribution in [0.5, 0.6) is 0 Å². The van der Waals surface area contributed by atoms with Crippen LogP contribution in [0.2, 0.25) is 0 Å². The fourth-order valence-corrected chi connectivity index (χ4v) is 5.98. The molecule has 1 aliphatic rings. The number of carbonyl (C=O) groups excluding carboxylic acids is 2. The maximum Gasteiger partial charge on any atom is 0.338 e. The normalized spacial score (nSPS) is 18.8. The third kappa shape index (κ3) is 5.52. The Bertz CT molecular complexity index is 942. The molecule has 1 N–H and O–H groups in total. The number of hydrogen-bond acceptors (Lipinski definition) is 7. The maximum atomic E-state index is 12.9. The van der Waals surface area contributed by atoms with Crippen LogP contribution in [0.4, 0.5) is 0 Å².